The topological polar surface area (TPSA) is 0 Å². The quantitative estimate of drug-likeness (QED) is 0.677. The van der Waals surface area contributed by atoms with Crippen LogP contribution in [-0.2, 0) is 0 Å². The average molecular weight is 253 g/mol. The van der Waals surface area contributed by atoms with Gasteiger partial charge in [-0.15, -0.1) is 0 Å². The molecule has 0 fully saturated rings. The molecule has 0 amide bonds. The third kappa shape index (κ3) is 3.54. The first-order valence-corrected chi connectivity index (χ1v) is 9.71. The minimum atomic E-state index is 0.0525. The standard InChI is InChI=1S/C14H23P2/c1-5-15(6-2)13-10-9-11-14(12-13)16(7-3)8-4/h9-11H,5-8H2,1-4H3. The van der Waals surface area contributed by atoms with Gasteiger partial charge in [0.2, 0.25) is 0 Å². The molecule has 0 bridgehead atoms. The first kappa shape index (κ1) is 14.1. The van der Waals surface area contributed by atoms with Gasteiger partial charge in [0.25, 0.3) is 0 Å². The van der Waals surface area contributed by atoms with E-state index in [2.05, 4.69) is 52.0 Å². The molecule has 89 valence electrons. The van der Waals surface area contributed by atoms with E-state index < -0.39 is 0 Å². The van der Waals surface area contributed by atoms with Gasteiger partial charge in [-0.3, -0.25) is 0 Å². The minimum Gasteiger partial charge on any atom is -0.0752 e. The van der Waals surface area contributed by atoms with Gasteiger partial charge < -0.3 is 0 Å². The van der Waals surface area contributed by atoms with Gasteiger partial charge in [-0.25, -0.2) is 0 Å². The van der Waals surface area contributed by atoms with E-state index in [0.29, 0.717) is 0 Å². The summed E-state index contributed by atoms with van der Waals surface area (Å²) in [5.41, 5.74) is 0. The van der Waals surface area contributed by atoms with E-state index in [-0.39, 0.29) is 15.8 Å². The SMILES string of the molecule is CCP(CC)c1[c]c(P(CC)CC)ccc1. The van der Waals surface area contributed by atoms with E-state index in [9.17, 15) is 0 Å². The van der Waals surface area contributed by atoms with Crippen LogP contribution >= 0.6 is 15.8 Å². The molecule has 0 saturated heterocycles. The van der Waals surface area contributed by atoms with Gasteiger partial charge in [0.05, 0.1) is 0 Å². The predicted octanol–water partition coefficient (Wildman–Crippen LogP) is 3.78. The lowest BCUT2D eigenvalue weighted by Gasteiger charge is -2.18. The summed E-state index contributed by atoms with van der Waals surface area (Å²) in [7, 11) is 0.105. The summed E-state index contributed by atoms with van der Waals surface area (Å²) in [6, 6.07) is 10.5. The fourth-order valence-electron chi connectivity index (χ4n) is 1.94. The molecule has 0 atom stereocenters. The molecule has 1 aromatic carbocycles. The summed E-state index contributed by atoms with van der Waals surface area (Å²) in [6.07, 6.45) is 5.17. The monoisotopic (exact) mass is 253 g/mol. The molecule has 1 rings (SSSR count). The van der Waals surface area contributed by atoms with Gasteiger partial charge in [0.1, 0.15) is 0 Å². The molecule has 0 heterocycles. The van der Waals surface area contributed by atoms with Gasteiger partial charge >= 0.3 is 0 Å². The lowest BCUT2D eigenvalue weighted by Crippen LogP contribution is -2.14. The lowest BCUT2D eigenvalue weighted by atomic mass is 10.4. The molecule has 0 aliphatic heterocycles. The Bertz CT molecular complexity index is 274. The van der Waals surface area contributed by atoms with Crippen molar-refractivity contribution in [1.82, 2.24) is 0 Å². The summed E-state index contributed by atoms with van der Waals surface area (Å²) in [5.74, 6) is 0. The molecular formula is C14H23P2. The molecule has 0 nitrogen and oxygen atoms in total. The van der Waals surface area contributed by atoms with Gasteiger partial charge in [0, 0.05) is 0 Å². The van der Waals surface area contributed by atoms with Gasteiger partial charge in [-0.1, -0.05) is 61.7 Å². The summed E-state index contributed by atoms with van der Waals surface area (Å²) in [5, 5.41) is 2.99. The molecule has 0 saturated carbocycles. The van der Waals surface area contributed by atoms with Crippen LogP contribution in [0.15, 0.2) is 18.2 Å². The van der Waals surface area contributed by atoms with Crippen LogP contribution in [0.25, 0.3) is 0 Å². The Labute approximate surface area is 103 Å². The van der Waals surface area contributed by atoms with Crippen LogP contribution in [0, 0.1) is 6.07 Å². The highest BCUT2D eigenvalue weighted by atomic mass is 31.1. The van der Waals surface area contributed by atoms with Crippen molar-refractivity contribution in [1.29, 1.82) is 0 Å². The van der Waals surface area contributed by atoms with Crippen molar-refractivity contribution >= 4 is 26.5 Å². The van der Waals surface area contributed by atoms with Crippen molar-refractivity contribution in [3.8, 4) is 0 Å². The van der Waals surface area contributed by atoms with Crippen molar-refractivity contribution in [2.75, 3.05) is 24.6 Å². The summed E-state index contributed by atoms with van der Waals surface area (Å²) in [4.78, 5) is 0. The smallest absolute Gasteiger partial charge is 0.00171 e. The van der Waals surface area contributed by atoms with Gasteiger partial charge in [-0.05, 0) is 41.3 Å². The van der Waals surface area contributed by atoms with Crippen LogP contribution in [-0.4, -0.2) is 24.6 Å². The molecular weight excluding hydrogens is 230 g/mol. The van der Waals surface area contributed by atoms with Crippen LogP contribution in [0.4, 0.5) is 0 Å². The fraction of sp³-hybridized carbons (Fsp3) is 0.571. The molecule has 16 heavy (non-hydrogen) atoms. The second-order valence-corrected chi connectivity index (χ2v) is 9.42. The zero-order valence-electron chi connectivity index (χ0n) is 11.0. The molecule has 0 N–H and O–H groups in total. The number of hydrogen-bond donors (Lipinski definition) is 0. The Kier molecular flexibility index (Phi) is 6.55. The number of hydrogen-bond acceptors (Lipinski definition) is 0. The van der Waals surface area contributed by atoms with Gasteiger partial charge in [-0.2, -0.15) is 0 Å². The molecule has 0 unspecified atom stereocenters. The van der Waals surface area contributed by atoms with E-state index >= 15 is 0 Å². The van der Waals surface area contributed by atoms with E-state index in [4.69, 9.17) is 0 Å². The maximum Gasteiger partial charge on any atom is -0.00171 e. The van der Waals surface area contributed by atoms with Crippen molar-refractivity contribution in [3.63, 3.8) is 0 Å². The highest BCUT2D eigenvalue weighted by Gasteiger charge is 2.10. The maximum absolute atomic E-state index is 3.71. The predicted molar refractivity (Wildman–Crippen MR) is 80.6 cm³/mol. The highest BCUT2D eigenvalue weighted by Crippen LogP contribution is 2.36. The third-order valence-electron chi connectivity index (χ3n) is 2.97. The second kappa shape index (κ2) is 7.41. The molecule has 2 heteroatoms. The number of benzene rings is 1. The van der Waals surface area contributed by atoms with Crippen LogP contribution < -0.4 is 10.6 Å². The summed E-state index contributed by atoms with van der Waals surface area (Å²) < 4.78 is 0. The Morgan fingerprint density at radius 1 is 0.812 bits per heavy atom. The summed E-state index contributed by atoms with van der Waals surface area (Å²) >= 11 is 0. The van der Waals surface area contributed by atoms with E-state index in [0.717, 1.165) is 0 Å². The van der Waals surface area contributed by atoms with Crippen LogP contribution in [0.3, 0.4) is 0 Å². The molecule has 0 aliphatic carbocycles. The van der Waals surface area contributed by atoms with E-state index in [1.165, 1.54) is 35.3 Å². The van der Waals surface area contributed by atoms with Crippen molar-refractivity contribution < 1.29 is 0 Å². The summed E-state index contributed by atoms with van der Waals surface area (Å²) in [6.45, 7) is 9.21. The normalized spacial score (nSPS) is 11.4. The van der Waals surface area contributed by atoms with Crippen molar-refractivity contribution in [2.45, 2.75) is 27.7 Å². The molecule has 0 aromatic heterocycles. The van der Waals surface area contributed by atoms with Crippen molar-refractivity contribution in [2.24, 2.45) is 0 Å². The van der Waals surface area contributed by atoms with Crippen LogP contribution in [0.2, 0.25) is 0 Å². The third-order valence-corrected chi connectivity index (χ3v) is 7.91. The Morgan fingerprint density at radius 3 is 1.50 bits per heavy atom. The zero-order chi connectivity index (χ0) is 12.0. The maximum atomic E-state index is 3.71. The van der Waals surface area contributed by atoms with Gasteiger partial charge in [0.15, 0.2) is 0 Å². The zero-order valence-corrected chi connectivity index (χ0v) is 12.7. The average Bonchev–Trinajstić information content (AvgIpc) is 2.33. The molecule has 1 aromatic rings. The minimum absolute atomic E-state index is 0.0525. The second-order valence-electron chi connectivity index (χ2n) is 3.77. The Balaban J connectivity index is 2.93. The Hall–Kier alpha value is 0.0800. The first-order valence-electron chi connectivity index (χ1n) is 6.28. The van der Waals surface area contributed by atoms with Crippen LogP contribution in [0.1, 0.15) is 27.7 Å². The molecule has 1 radical (unpaired) electrons. The highest BCUT2D eigenvalue weighted by molar-refractivity contribution is 7.67. The molecule has 0 spiro atoms. The fourth-order valence-corrected chi connectivity index (χ4v) is 5.44. The largest absolute Gasteiger partial charge is 0.0752 e. The van der Waals surface area contributed by atoms with Crippen molar-refractivity contribution in [3.05, 3.63) is 24.3 Å². The first-order chi connectivity index (χ1) is 7.76. The van der Waals surface area contributed by atoms with E-state index in [1.54, 1.807) is 0 Å². The number of rotatable bonds is 6. The Morgan fingerprint density at radius 2 is 1.19 bits per heavy atom. The molecule has 0 aliphatic rings. The van der Waals surface area contributed by atoms with E-state index in [1.807, 2.05) is 0 Å². The lowest BCUT2D eigenvalue weighted by molar-refractivity contribution is 1.42. The van der Waals surface area contributed by atoms with Crippen LogP contribution in [0.5, 0.6) is 0 Å².